The number of ether oxygens (including phenoxy) is 2. The quantitative estimate of drug-likeness (QED) is 0.793. The molecular weight excluding hydrogens is 296 g/mol. The maximum Gasteiger partial charge on any atom is 0.332 e. The maximum absolute atomic E-state index is 12.4. The van der Waals surface area contributed by atoms with Crippen molar-refractivity contribution in [2.75, 3.05) is 26.2 Å². The van der Waals surface area contributed by atoms with Crippen LogP contribution in [0.3, 0.4) is 0 Å². The van der Waals surface area contributed by atoms with Gasteiger partial charge in [-0.3, -0.25) is 4.79 Å². The molecule has 0 aromatic carbocycles. The number of carbonyl (C=O) groups is 2. The Morgan fingerprint density at radius 1 is 1.13 bits per heavy atom. The van der Waals surface area contributed by atoms with Gasteiger partial charge < -0.3 is 19.7 Å². The van der Waals surface area contributed by atoms with E-state index in [1.807, 2.05) is 25.7 Å². The molecule has 2 saturated heterocycles. The lowest BCUT2D eigenvalue weighted by Gasteiger charge is -2.35. The molecular formula is C17H30N2O4. The van der Waals surface area contributed by atoms with Crippen LogP contribution in [0.25, 0.3) is 0 Å². The summed E-state index contributed by atoms with van der Waals surface area (Å²) in [6, 6.07) is -0.0111. The lowest BCUT2D eigenvalue weighted by atomic mass is 10.0. The normalized spacial score (nSPS) is 23.6. The fourth-order valence-corrected chi connectivity index (χ4v) is 3.08. The van der Waals surface area contributed by atoms with E-state index >= 15 is 0 Å². The molecule has 2 aliphatic rings. The summed E-state index contributed by atoms with van der Waals surface area (Å²) in [6.45, 7) is 7.86. The van der Waals surface area contributed by atoms with Gasteiger partial charge in [0.1, 0.15) is 12.2 Å². The lowest BCUT2D eigenvalue weighted by Crippen LogP contribution is -2.51. The number of carbonyl (C=O) groups excluding carboxylic acids is 2. The number of esters is 1. The van der Waals surface area contributed by atoms with E-state index in [0.29, 0.717) is 13.1 Å². The second kappa shape index (κ2) is 8.11. The van der Waals surface area contributed by atoms with Crippen molar-refractivity contribution in [3.8, 4) is 0 Å². The predicted molar refractivity (Wildman–Crippen MR) is 87.0 cm³/mol. The smallest absolute Gasteiger partial charge is 0.332 e. The minimum atomic E-state index is -0.483. The first-order valence-corrected chi connectivity index (χ1v) is 8.71. The third-order valence-electron chi connectivity index (χ3n) is 4.22. The number of rotatable bonds is 4. The minimum Gasteiger partial charge on any atom is -0.458 e. The van der Waals surface area contributed by atoms with Gasteiger partial charge in [-0.25, -0.2) is 4.79 Å². The molecule has 6 nitrogen and oxygen atoms in total. The van der Waals surface area contributed by atoms with Gasteiger partial charge in [-0.2, -0.15) is 0 Å². The Morgan fingerprint density at radius 3 is 2.39 bits per heavy atom. The number of piperidine rings is 2. The summed E-state index contributed by atoms with van der Waals surface area (Å²) < 4.78 is 10.9. The molecule has 1 atom stereocenters. The van der Waals surface area contributed by atoms with Crippen LogP contribution in [0.5, 0.6) is 0 Å². The van der Waals surface area contributed by atoms with Crippen molar-refractivity contribution in [1.29, 1.82) is 0 Å². The van der Waals surface area contributed by atoms with Crippen molar-refractivity contribution in [2.45, 2.75) is 70.6 Å². The summed E-state index contributed by atoms with van der Waals surface area (Å²) in [5, 5.41) is 3.31. The molecule has 2 fully saturated rings. The Kier molecular flexibility index (Phi) is 6.41. The van der Waals surface area contributed by atoms with E-state index in [1.54, 1.807) is 0 Å². The van der Waals surface area contributed by atoms with E-state index in [2.05, 4.69) is 5.32 Å². The number of nitrogens with one attached hydrogen (secondary N) is 1. The third-order valence-corrected chi connectivity index (χ3v) is 4.22. The first-order chi connectivity index (χ1) is 10.8. The zero-order valence-corrected chi connectivity index (χ0v) is 14.6. The Hall–Kier alpha value is -1.14. The second-order valence-corrected chi connectivity index (χ2v) is 7.42. The van der Waals surface area contributed by atoms with Crippen LogP contribution in [0, 0.1) is 0 Å². The van der Waals surface area contributed by atoms with Gasteiger partial charge in [0.25, 0.3) is 0 Å². The van der Waals surface area contributed by atoms with Crippen LogP contribution in [0.15, 0.2) is 0 Å². The van der Waals surface area contributed by atoms with Crippen molar-refractivity contribution in [3.05, 3.63) is 0 Å². The largest absolute Gasteiger partial charge is 0.458 e. The Balaban J connectivity index is 1.67. The summed E-state index contributed by atoms with van der Waals surface area (Å²) in [5.41, 5.74) is -0.483. The minimum absolute atomic E-state index is 0.0111. The Labute approximate surface area is 138 Å². The molecule has 2 aliphatic heterocycles. The zero-order valence-electron chi connectivity index (χ0n) is 14.6. The highest BCUT2D eigenvalue weighted by atomic mass is 16.6. The zero-order chi connectivity index (χ0) is 16.9. The lowest BCUT2D eigenvalue weighted by molar-refractivity contribution is -0.163. The number of hydrogen-bond donors (Lipinski definition) is 1. The van der Waals surface area contributed by atoms with Crippen LogP contribution in [-0.4, -0.2) is 60.8 Å². The molecule has 0 radical (unpaired) electrons. The second-order valence-electron chi connectivity index (χ2n) is 7.42. The molecule has 132 valence electrons. The first-order valence-electron chi connectivity index (χ1n) is 8.71. The van der Waals surface area contributed by atoms with Crippen LogP contribution >= 0.6 is 0 Å². The van der Waals surface area contributed by atoms with Gasteiger partial charge in [0.05, 0.1) is 12.1 Å². The highest BCUT2D eigenvalue weighted by Crippen LogP contribution is 2.17. The number of nitrogens with zero attached hydrogens (tertiary/aromatic N) is 1. The highest BCUT2D eigenvalue weighted by molar-refractivity contribution is 5.82. The van der Waals surface area contributed by atoms with E-state index in [1.165, 1.54) is 0 Å². The molecule has 2 rings (SSSR count). The van der Waals surface area contributed by atoms with Crippen molar-refractivity contribution < 1.29 is 19.1 Å². The molecule has 1 unspecified atom stereocenters. The van der Waals surface area contributed by atoms with Gasteiger partial charge >= 0.3 is 5.97 Å². The van der Waals surface area contributed by atoms with Crippen molar-refractivity contribution in [3.63, 3.8) is 0 Å². The molecule has 2 heterocycles. The third kappa shape index (κ3) is 6.11. The summed E-state index contributed by atoms with van der Waals surface area (Å²) >= 11 is 0. The average Bonchev–Trinajstić information content (AvgIpc) is 2.52. The fourth-order valence-electron chi connectivity index (χ4n) is 3.08. The molecule has 0 aromatic rings. The van der Waals surface area contributed by atoms with Crippen molar-refractivity contribution in [1.82, 2.24) is 10.2 Å². The van der Waals surface area contributed by atoms with E-state index in [9.17, 15) is 9.59 Å². The van der Waals surface area contributed by atoms with E-state index in [-0.39, 0.29) is 30.6 Å². The Morgan fingerprint density at radius 2 is 1.83 bits per heavy atom. The number of amides is 1. The standard InChI is InChI=1S/C17H30N2O4/c1-17(2,3)23-15(20)12-22-13-7-10-19(11-8-13)16(21)14-6-4-5-9-18-14/h13-14,18H,4-12H2,1-3H3. The number of likely N-dealkylation sites (tertiary alicyclic amines) is 1. The van der Waals surface area contributed by atoms with Gasteiger partial charge in [-0.05, 0) is 53.0 Å². The summed E-state index contributed by atoms with van der Waals surface area (Å²) in [7, 11) is 0. The van der Waals surface area contributed by atoms with Gasteiger partial charge in [-0.1, -0.05) is 6.42 Å². The molecule has 0 aromatic heterocycles. The Bertz CT molecular complexity index is 405. The SMILES string of the molecule is CC(C)(C)OC(=O)COC1CCN(C(=O)C2CCCCN2)CC1. The topological polar surface area (TPSA) is 67.9 Å². The molecule has 0 aliphatic carbocycles. The fraction of sp³-hybridized carbons (Fsp3) is 0.882. The maximum atomic E-state index is 12.4. The molecule has 1 N–H and O–H groups in total. The average molecular weight is 326 g/mol. The summed E-state index contributed by atoms with van der Waals surface area (Å²) in [5.74, 6) is -0.113. The molecule has 6 heteroatoms. The molecule has 1 amide bonds. The van der Waals surface area contributed by atoms with E-state index in [0.717, 1.165) is 38.6 Å². The molecule has 0 bridgehead atoms. The summed E-state index contributed by atoms with van der Waals surface area (Å²) in [6.07, 6.45) is 4.81. The van der Waals surface area contributed by atoms with Crippen LogP contribution in [0.1, 0.15) is 52.9 Å². The van der Waals surface area contributed by atoms with Crippen molar-refractivity contribution >= 4 is 11.9 Å². The van der Waals surface area contributed by atoms with Gasteiger partial charge in [-0.15, -0.1) is 0 Å². The van der Waals surface area contributed by atoms with Crippen LogP contribution < -0.4 is 5.32 Å². The monoisotopic (exact) mass is 326 g/mol. The van der Waals surface area contributed by atoms with Crippen LogP contribution in [-0.2, 0) is 19.1 Å². The highest BCUT2D eigenvalue weighted by Gasteiger charge is 2.29. The molecule has 0 saturated carbocycles. The van der Waals surface area contributed by atoms with E-state index in [4.69, 9.17) is 9.47 Å². The van der Waals surface area contributed by atoms with Crippen molar-refractivity contribution in [2.24, 2.45) is 0 Å². The predicted octanol–water partition coefficient (Wildman–Crippen LogP) is 1.48. The van der Waals surface area contributed by atoms with Gasteiger partial charge in [0.15, 0.2) is 0 Å². The number of hydrogen-bond acceptors (Lipinski definition) is 5. The van der Waals surface area contributed by atoms with Gasteiger partial charge in [0, 0.05) is 13.1 Å². The van der Waals surface area contributed by atoms with Crippen LogP contribution in [0.2, 0.25) is 0 Å². The molecule has 23 heavy (non-hydrogen) atoms. The van der Waals surface area contributed by atoms with Crippen LogP contribution in [0.4, 0.5) is 0 Å². The molecule has 0 spiro atoms. The summed E-state index contributed by atoms with van der Waals surface area (Å²) in [4.78, 5) is 26.0. The van der Waals surface area contributed by atoms with E-state index < -0.39 is 5.60 Å². The van der Waals surface area contributed by atoms with Gasteiger partial charge in [0.2, 0.25) is 5.91 Å². The first kappa shape index (κ1) is 18.2.